The lowest BCUT2D eigenvalue weighted by Gasteiger charge is -2.21. The van der Waals surface area contributed by atoms with Crippen molar-refractivity contribution in [3.05, 3.63) is 35.4 Å². The lowest BCUT2D eigenvalue weighted by Crippen LogP contribution is -2.41. The zero-order valence-corrected chi connectivity index (χ0v) is 12.2. The molecule has 1 aromatic carbocycles. The summed E-state index contributed by atoms with van der Waals surface area (Å²) in [5, 5.41) is 0. The van der Waals surface area contributed by atoms with E-state index >= 15 is 0 Å². The first-order chi connectivity index (χ1) is 8.95. The number of rotatable bonds is 6. The molecule has 4 nitrogen and oxygen atoms in total. The second-order valence-corrected chi connectivity index (χ2v) is 5.18. The van der Waals surface area contributed by atoms with Crippen LogP contribution in [0, 0.1) is 0 Å². The fourth-order valence-corrected chi connectivity index (χ4v) is 1.93. The molecule has 1 atom stereocenters. The minimum Gasteiger partial charge on any atom is -0.383 e. The quantitative estimate of drug-likeness (QED) is 0.853. The van der Waals surface area contributed by atoms with Crippen LogP contribution in [0.3, 0.4) is 0 Å². The van der Waals surface area contributed by atoms with Crippen molar-refractivity contribution in [2.75, 3.05) is 27.3 Å². The highest BCUT2D eigenvalue weighted by molar-refractivity contribution is 5.94. The summed E-state index contributed by atoms with van der Waals surface area (Å²) in [4.78, 5) is 13.8. The highest BCUT2D eigenvalue weighted by atomic mass is 16.5. The summed E-state index contributed by atoms with van der Waals surface area (Å²) in [6.07, 6.45) is 0. The average molecular weight is 264 g/mol. The van der Waals surface area contributed by atoms with Crippen LogP contribution in [0.4, 0.5) is 0 Å². The highest BCUT2D eigenvalue weighted by Gasteiger charge is 2.14. The number of amides is 1. The topological polar surface area (TPSA) is 55.6 Å². The summed E-state index contributed by atoms with van der Waals surface area (Å²) in [5.74, 6) is 0.457. The van der Waals surface area contributed by atoms with E-state index in [1.54, 1.807) is 19.1 Å². The van der Waals surface area contributed by atoms with E-state index in [2.05, 4.69) is 13.8 Å². The minimum absolute atomic E-state index is 0.0122. The number of hydrogen-bond donors (Lipinski definition) is 1. The first-order valence-corrected chi connectivity index (χ1v) is 6.55. The molecule has 2 N–H and O–H groups in total. The molecule has 1 unspecified atom stereocenters. The molecule has 0 aliphatic carbocycles. The smallest absolute Gasteiger partial charge is 0.253 e. The molecule has 0 aliphatic rings. The predicted octanol–water partition coefficient (Wildman–Crippen LogP) is 1.86. The second-order valence-electron chi connectivity index (χ2n) is 5.18. The van der Waals surface area contributed by atoms with Gasteiger partial charge in [0, 0.05) is 32.3 Å². The fraction of sp³-hybridized carbons (Fsp3) is 0.533. The van der Waals surface area contributed by atoms with Crippen LogP contribution < -0.4 is 5.73 Å². The molecule has 0 aromatic heterocycles. The number of methoxy groups -OCH3 is 1. The van der Waals surface area contributed by atoms with Crippen molar-refractivity contribution in [1.29, 1.82) is 0 Å². The number of likely N-dealkylation sites (N-methyl/N-ethyl adjacent to an activating group) is 1. The summed E-state index contributed by atoms with van der Waals surface area (Å²) in [5.41, 5.74) is 7.77. The van der Waals surface area contributed by atoms with Crippen LogP contribution in [0.2, 0.25) is 0 Å². The van der Waals surface area contributed by atoms with E-state index in [0.29, 0.717) is 24.6 Å². The van der Waals surface area contributed by atoms with E-state index < -0.39 is 0 Å². The van der Waals surface area contributed by atoms with Crippen LogP contribution in [0.25, 0.3) is 0 Å². The molecular formula is C15H24N2O2. The van der Waals surface area contributed by atoms with Crippen molar-refractivity contribution >= 4 is 5.91 Å². The third-order valence-electron chi connectivity index (χ3n) is 3.06. The maximum absolute atomic E-state index is 12.2. The van der Waals surface area contributed by atoms with Gasteiger partial charge in [0.2, 0.25) is 0 Å². The molecule has 19 heavy (non-hydrogen) atoms. The molecule has 0 heterocycles. The van der Waals surface area contributed by atoms with Gasteiger partial charge in [-0.2, -0.15) is 0 Å². The largest absolute Gasteiger partial charge is 0.383 e. The Kier molecular flexibility index (Phi) is 5.99. The standard InChI is InChI=1S/C15H24N2O2/c1-11(2)12-5-7-13(8-6-12)15(18)17(3)9-14(16)10-19-4/h5-8,11,14H,9-10,16H2,1-4H3. The summed E-state index contributed by atoms with van der Waals surface area (Å²) >= 11 is 0. The molecule has 1 amide bonds. The lowest BCUT2D eigenvalue weighted by molar-refractivity contribution is 0.0764. The van der Waals surface area contributed by atoms with E-state index in [-0.39, 0.29) is 11.9 Å². The molecule has 0 bridgehead atoms. The molecule has 1 rings (SSSR count). The lowest BCUT2D eigenvalue weighted by atomic mass is 10.0. The summed E-state index contributed by atoms with van der Waals surface area (Å²) in [6, 6.07) is 7.59. The molecule has 0 saturated carbocycles. The Balaban J connectivity index is 2.66. The number of carbonyl (C=O) groups excluding carboxylic acids is 1. The van der Waals surface area contributed by atoms with Gasteiger partial charge in [0.15, 0.2) is 0 Å². The monoisotopic (exact) mass is 264 g/mol. The van der Waals surface area contributed by atoms with Crippen molar-refractivity contribution in [2.45, 2.75) is 25.8 Å². The van der Waals surface area contributed by atoms with Crippen molar-refractivity contribution in [1.82, 2.24) is 4.90 Å². The minimum atomic E-state index is -0.158. The molecular weight excluding hydrogens is 240 g/mol. The zero-order chi connectivity index (χ0) is 14.4. The summed E-state index contributed by atoms with van der Waals surface area (Å²) in [7, 11) is 3.36. The molecule has 0 saturated heterocycles. The van der Waals surface area contributed by atoms with E-state index in [4.69, 9.17) is 10.5 Å². The summed E-state index contributed by atoms with van der Waals surface area (Å²) in [6.45, 7) is 5.20. The van der Waals surface area contributed by atoms with E-state index in [0.717, 1.165) is 0 Å². The van der Waals surface area contributed by atoms with Gasteiger partial charge in [-0.1, -0.05) is 26.0 Å². The third kappa shape index (κ3) is 4.65. The van der Waals surface area contributed by atoms with E-state index in [1.165, 1.54) is 5.56 Å². The fourth-order valence-electron chi connectivity index (χ4n) is 1.93. The van der Waals surface area contributed by atoms with Crippen LogP contribution in [-0.2, 0) is 4.74 Å². The third-order valence-corrected chi connectivity index (χ3v) is 3.06. The maximum Gasteiger partial charge on any atom is 0.253 e. The van der Waals surface area contributed by atoms with Crippen LogP contribution in [-0.4, -0.2) is 44.2 Å². The van der Waals surface area contributed by atoms with Gasteiger partial charge in [-0.25, -0.2) is 0 Å². The number of benzene rings is 1. The predicted molar refractivity (Wildman–Crippen MR) is 77.3 cm³/mol. The Hall–Kier alpha value is -1.39. The number of nitrogens with zero attached hydrogens (tertiary/aromatic N) is 1. The molecule has 0 spiro atoms. The molecule has 1 aromatic rings. The maximum atomic E-state index is 12.2. The van der Waals surface area contributed by atoms with Crippen molar-refractivity contribution in [3.63, 3.8) is 0 Å². The van der Waals surface area contributed by atoms with Crippen LogP contribution in [0.5, 0.6) is 0 Å². The second kappa shape index (κ2) is 7.26. The SMILES string of the molecule is COCC(N)CN(C)C(=O)c1ccc(C(C)C)cc1. The Morgan fingerprint density at radius 3 is 2.37 bits per heavy atom. The molecule has 0 radical (unpaired) electrons. The van der Waals surface area contributed by atoms with Crippen LogP contribution >= 0.6 is 0 Å². The average Bonchev–Trinajstić information content (AvgIpc) is 2.38. The van der Waals surface area contributed by atoms with Crippen LogP contribution in [0.15, 0.2) is 24.3 Å². The summed E-state index contributed by atoms with van der Waals surface area (Å²) < 4.78 is 4.97. The van der Waals surface area contributed by atoms with Gasteiger partial charge in [-0.15, -0.1) is 0 Å². The first kappa shape index (κ1) is 15.7. The van der Waals surface area contributed by atoms with Gasteiger partial charge >= 0.3 is 0 Å². The van der Waals surface area contributed by atoms with Crippen molar-refractivity contribution < 1.29 is 9.53 Å². The van der Waals surface area contributed by atoms with E-state index in [9.17, 15) is 4.79 Å². The number of carbonyl (C=O) groups is 1. The Morgan fingerprint density at radius 1 is 1.32 bits per heavy atom. The van der Waals surface area contributed by atoms with Gasteiger partial charge in [0.05, 0.1) is 6.61 Å². The molecule has 0 aliphatic heterocycles. The van der Waals surface area contributed by atoms with Gasteiger partial charge < -0.3 is 15.4 Å². The normalized spacial score (nSPS) is 12.5. The van der Waals surface area contributed by atoms with Gasteiger partial charge in [0.1, 0.15) is 0 Å². The first-order valence-electron chi connectivity index (χ1n) is 6.55. The van der Waals surface area contributed by atoms with Crippen molar-refractivity contribution in [2.24, 2.45) is 5.73 Å². The Morgan fingerprint density at radius 2 is 1.89 bits per heavy atom. The van der Waals surface area contributed by atoms with Gasteiger partial charge in [-0.3, -0.25) is 4.79 Å². The molecule has 0 fully saturated rings. The van der Waals surface area contributed by atoms with Gasteiger partial charge in [0.25, 0.3) is 5.91 Å². The Bertz CT molecular complexity index is 401. The number of nitrogens with two attached hydrogens (primary N) is 1. The molecule has 4 heteroatoms. The zero-order valence-electron chi connectivity index (χ0n) is 12.2. The van der Waals surface area contributed by atoms with Crippen molar-refractivity contribution in [3.8, 4) is 0 Å². The highest BCUT2D eigenvalue weighted by Crippen LogP contribution is 2.15. The Labute approximate surface area is 115 Å². The van der Waals surface area contributed by atoms with Crippen LogP contribution in [0.1, 0.15) is 35.7 Å². The van der Waals surface area contributed by atoms with Gasteiger partial charge in [-0.05, 0) is 23.6 Å². The number of hydrogen-bond acceptors (Lipinski definition) is 3. The number of ether oxygens (including phenoxy) is 1. The van der Waals surface area contributed by atoms with E-state index in [1.807, 2.05) is 24.3 Å². The molecule has 106 valence electrons.